The van der Waals surface area contributed by atoms with Gasteiger partial charge in [-0.1, -0.05) is 18.2 Å². The molecule has 98 valence electrons. The summed E-state index contributed by atoms with van der Waals surface area (Å²) in [6, 6.07) is 13.8. The van der Waals surface area contributed by atoms with Crippen molar-refractivity contribution in [2.75, 3.05) is 10.6 Å². The van der Waals surface area contributed by atoms with Gasteiger partial charge in [-0.15, -0.1) is 0 Å². The Bertz CT molecular complexity index is 567. The SMILES string of the molecule is CC(=O)Nc1ccc(CNc2cccc(F)c2)cc1. The maximum absolute atomic E-state index is 13.0. The van der Waals surface area contributed by atoms with Gasteiger partial charge in [0.1, 0.15) is 5.82 Å². The van der Waals surface area contributed by atoms with Gasteiger partial charge in [0.05, 0.1) is 0 Å². The van der Waals surface area contributed by atoms with E-state index in [4.69, 9.17) is 0 Å². The van der Waals surface area contributed by atoms with E-state index in [-0.39, 0.29) is 11.7 Å². The van der Waals surface area contributed by atoms with Crippen molar-refractivity contribution in [3.63, 3.8) is 0 Å². The van der Waals surface area contributed by atoms with Crippen molar-refractivity contribution in [3.05, 3.63) is 59.9 Å². The van der Waals surface area contributed by atoms with Gasteiger partial charge in [-0.3, -0.25) is 4.79 Å². The number of halogens is 1. The Kier molecular flexibility index (Phi) is 4.13. The number of hydrogen-bond donors (Lipinski definition) is 2. The maximum atomic E-state index is 13.0. The second-order valence-corrected chi connectivity index (χ2v) is 4.24. The van der Waals surface area contributed by atoms with Crippen LogP contribution in [-0.2, 0) is 11.3 Å². The zero-order chi connectivity index (χ0) is 13.7. The van der Waals surface area contributed by atoms with E-state index in [0.717, 1.165) is 16.9 Å². The number of hydrogen-bond acceptors (Lipinski definition) is 2. The number of carbonyl (C=O) groups is 1. The minimum Gasteiger partial charge on any atom is -0.381 e. The summed E-state index contributed by atoms with van der Waals surface area (Å²) < 4.78 is 13.0. The molecule has 0 heterocycles. The third kappa shape index (κ3) is 4.10. The quantitative estimate of drug-likeness (QED) is 0.882. The third-order valence-corrected chi connectivity index (χ3v) is 2.60. The van der Waals surface area contributed by atoms with Crippen LogP contribution in [0.1, 0.15) is 12.5 Å². The Hall–Kier alpha value is -2.36. The summed E-state index contributed by atoms with van der Waals surface area (Å²) in [7, 11) is 0. The van der Waals surface area contributed by atoms with Crippen molar-refractivity contribution < 1.29 is 9.18 Å². The molecule has 0 radical (unpaired) electrons. The molecule has 4 heteroatoms. The van der Waals surface area contributed by atoms with Gasteiger partial charge in [-0.25, -0.2) is 4.39 Å². The first-order chi connectivity index (χ1) is 9.13. The first kappa shape index (κ1) is 13.1. The highest BCUT2D eigenvalue weighted by Gasteiger charge is 1.98. The lowest BCUT2D eigenvalue weighted by atomic mass is 10.2. The van der Waals surface area contributed by atoms with Crippen molar-refractivity contribution in [2.24, 2.45) is 0 Å². The van der Waals surface area contributed by atoms with Gasteiger partial charge < -0.3 is 10.6 Å². The van der Waals surface area contributed by atoms with E-state index in [9.17, 15) is 9.18 Å². The van der Waals surface area contributed by atoms with Crippen LogP contribution >= 0.6 is 0 Å². The summed E-state index contributed by atoms with van der Waals surface area (Å²) >= 11 is 0. The number of rotatable bonds is 4. The normalized spacial score (nSPS) is 10.0. The number of benzene rings is 2. The largest absolute Gasteiger partial charge is 0.381 e. The van der Waals surface area contributed by atoms with Crippen LogP contribution in [0.2, 0.25) is 0 Å². The van der Waals surface area contributed by atoms with Crippen LogP contribution in [0.25, 0.3) is 0 Å². The Morgan fingerprint density at radius 2 is 1.84 bits per heavy atom. The fourth-order valence-electron chi connectivity index (χ4n) is 1.71. The van der Waals surface area contributed by atoms with Crippen molar-refractivity contribution in [1.29, 1.82) is 0 Å². The highest BCUT2D eigenvalue weighted by molar-refractivity contribution is 5.88. The Balaban J connectivity index is 1.94. The van der Waals surface area contributed by atoms with E-state index in [0.29, 0.717) is 6.54 Å². The molecule has 2 rings (SSSR count). The smallest absolute Gasteiger partial charge is 0.221 e. The monoisotopic (exact) mass is 258 g/mol. The van der Waals surface area contributed by atoms with Gasteiger partial charge in [-0.2, -0.15) is 0 Å². The number of carbonyl (C=O) groups excluding carboxylic acids is 1. The van der Waals surface area contributed by atoms with Crippen LogP contribution in [-0.4, -0.2) is 5.91 Å². The molecule has 0 spiro atoms. The van der Waals surface area contributed by atoms with Crippen molar-refractivity contribution in [1.82, 2.24) is 0 Å². The highest BCUT2D eigenvalue weighted by Crippen LogP contribution is 2.13. The standard InChI is InChI=1S/C15H15FN2O/c1-11(19)18-14-7-5-12(6-8-14)10-17-15-4-2-3-13(16)9-15/h2-9,17H,10H2,1H3,(H,18,19). The predicted molar refractivity (Wildman–Crippen MR) is 74.5 cm³/mol. The fraction of sp³-hybridized carbons (Fsp3) is 0.133. The summed E-state index contributed by atoms with van der Waals surface area (Å²) in [5.74, 6) is -0.350. The zero-order valence-electron chi connectivity index (χ0n) is 10.6. The lowest BCUT2D eigenvalue weighted by molar-refractivity contribution is -0.114. The summed E-state index contributed by atoms with van der Waals surface area (Å²) in [4.78, 5) is 10.9. The summed E-state index contributed by atoms with van der Waals surface area (Å²) in [5, 5.41) is 5.84. The Labute approximate surface area is 111 Å². The van der Waals surface area contributed by atoms with Gasteiger partial charge in [-0.05, 0) is 35.9 Å². The van der Waals surface area contributed by atoms with Gasteiger partial charge >= 0.3 is 0 Å². The summed E-state index contributed by atoms with van der Waals surface area (Å²) in [5.41, 5.74) is 2.56. The van der Waals surface area contributed by atoms with E-state index in [1.54, 1.807) is 6.07 Å². The molecule has 1 amide bonds. The molecular weight excluding hydrogens is 243 g/mol. The molecule has 0 aliphatic carbocycles. The van der Waals surface area contributed by atoms with E-state index in [1.165, 1.54) is 19.1 Å². The van der Waals surface area contributed by atoms with Gasteiger partial charge in [0.15, 0.2) is 0 Å². The van der Waals surface area contributed by atoms with Crippen LogP contribution in [0, 0.1) is 5.82 Å². The molecule has 2 aromatic rings. The molecule has 0 saturated heterocycles. The molecule has 19 heavy (non-hydrogen) atoms. The molecule has 0 aliphatic heterocycles. The molecule has 0 unspecified atom stereocenters. The second-order valence-electron chi connectivity index (χ2n) is 4.24. The summed E-state index contributed by atoms with van der Waals surface area (Å²) in [6.45, 7) is 2.07. The Morgan fingerprint density at radius 3 is 2.47 bits per heavy atom. The third-order valence-electron chi connectivity index (χ3n) is 2.60. The minimum absolute atomic E-state index is 0.0920. The minimum atomic E-state index is -0.258. The average Bonchev–Trinajstić information content (AvgIpc) is 2.37. The lowest BCUT2D eigenvalue weighted by Gasteiger charge is -2.08. The topological polar surface area (TPSA) is 41.1 Å². The van der Waals surface area contributed by atoms with Gasteiger partial charge in [0.2, 0.25) is 5.91 Å². The number of amides is 1. The number of nitrogens with one attached hydrogen (secondary N) is 2. The van der Waals surface area contributed by atoms with Crippen LogP contribution in [0.15, 0.2) is 48.5 Å². The Morgan fingerprint density at radius 1 is 1.11 bits per heavy atom. The molecule has 0 bridgehead atoms. The molecule has 2 N–H and O–H groups in total. The van der Waals surface area contributed by atoms with Crippen LogP contribution < -0.4 is 10.6 Å². The van der Waals surface area contributed by atoms with E-state index >= 15 is 0 Å². The molecule has 0 saturated carbocycles. The van der Waals surface area contributed by atoms with Crippen LogP contribution in [0.5, 0.6) is 0 Å². The first-order valence-electron chi connectivity index (χ1n) is 5.99. The van der Waals surface area contributed by atoms with Gasteiger partial charge in [0, 0.05) is 24.8 Å². The second kappa shape index (κ2) is 6.00. The maximum Gasteiger partial charge on any atom is 0.221 e. The predicted octanol–water partition coefficient (Wildman–Crippen LogP) is 3.40. The molecule has 0 fully saturated rings. The van der Waals surface area contributed by atoms with Crippen molar-refractivity contribution in [3.8, 4) is 0 Å². The van der Waals surface area contributed by atoms with Crippen LogP contribution in [0.4, 0.5) is 15.8 Å². The molecule has 3 nitrogen and oxygen atoms in total. The van der Waals surface area contributed by atoms with Gasteiger partial charge in [0.25, 0.3) is 0 Å². The molecule has 0 aromatic heterocycles. The lowest BCUT2D eigenvalue weighted by Crippen LogP contribution is -2.06. The number of anilines is 2. The van der Waals surface area contributed by atoms with E-state index in [2.05, 4.69) is 10.6 Å². The van der Waals surface area contributed by atoms with Crippen molar-refractivity contribution in [2.45, 2.75) is 13.5 Å². The van der Waals surface area contributed by atoms with Crippen molar-refractivity contribution >= 4 is 17.3 Å². The van der Waals surface area contributed by atoms with E-state index < -0.39 is 0 Å². The average molecular weight is 258 g/mol. The first-order valence-corrected chi connectivity index (χ1v) is 5.99. The summed E-state index contributed by atoms with van der Waals surface area (Å²) in [6.07, 6.45) is 0. The zero-order valence-corrected chi connectivity index (χ0v) is 10.6. The molecule has 0 aliphatic rings. The van der Waals surface area contributed by atoms with Crippen LogP contribution in [0.3, 0.4) is 0 Å². The van der Waals surface area contributed by atoms with E-state index in [1.807, 2.05) is 30.3 Å². The highest BCUT2D eigenvalue weighted by atomic mass is 19.1. The molecular formula is C15H15FN2O. The molecule has 0 atom stereocenters. The molecule has 2 aromatic carbocycles. The fourth-order valence-corrected chi connectivity index (χ4v) is 1.71.